The van der Waals surface area contributed by atoms with Crippen LogP contribution >= 0.6 is 0 Å². The molecule has 0 aliphatic carbocycles. The van der Waals surface area contributed by atoms with Crippen molar-refractivity contribution in [3.63, 3.8) is 0 Å². The normalized spacial score (nSPS) is 13.7. The smallest absolute Gasteiger partial charge is 0.211 e. The van der Waals surface area contributed by atoms with Crippen LogP contribution in [0.3, 0.4) is 0 Å². The van der Waals surface area contributed by atoms with Gasteiger partial charge in [0.15, 0.2) is 0 Å². The summed E-state index contributed by atoms with van der Waals surface area (Å²) in [5, 5.41) is 0. The molecule has 2 aromatic rings. The standard InChI is InChI=1S/C36H52N2/c1-5-8-11-13-14-17-20-31-21-18-22-33(28-31)36-34(23-15-10-7-3)29(4)35(38(36)37)32-26-24-30(25-27-32)19-16-12-9-6-2/h18,21-22,24-28H,5-17,19-20,23H2,1-4H3. The van der Waals surface area contributed by atoms with Gasteiger partial charge >= 0.3 is 0 Å². The van der Waals surface area contributed by atoms with Gasteiger partial charge in [0.1, 0.15) is 0 Å². The second kappa shape index (κ2) is 16.5. The van der Waals surface area contributed by atoms with Crippen LogP contribution in [0, 0.1) is 0 Å². The van der Waals surface area contributed by atoms with Gasteiger partial charge in [0.2, 0.25) is 11.4 Å². The fourth-order valence-corrected chi connectivity index (χ4v) is 5.78. The maximum Gasteiger partial charge on any atom is 0.211 e. The number of allylic oxidation sites excluding steroid dienone is 2. The molecule has 1 heterocycles. The Morgan fingerprint density at radius 2 is 1.11 bits per heavy atom. The van der Waals surface area contributed by atoms with E-state index in [4.69, 9.17) is 0 Å². The Labute approximate surface area is 233 Å². The molecule has 0 radical (unpaired) electrons. The summed E-state index contributed by atoms with van der Waals surface area (Å²) in [6, 6.07) is 17.9. The van der Waals surface area contributed by atoms with Crippen molar-refractivity contribution in [1.82, 2.24) is 0 Å². The van der Waals surface area contributed by atoms with Crippen molar-refractivity contribution < 1.29 is 4.70 Å². The second-order valence-electron chi connectivity index (χ2n) is 11.3. The van der Waals surface area contributed by atoms with Crippen molar-refractivity contribution in [1.29, 1.82) is 0 Å². The molecule has 0 saturated heterocycles. The van der Waals surface area contributed by atoms with E-state index in [1.807, 2.05) is 0 Å². The maximum absolute atomic E-state index is 11.6. The van der Waals surface area contributed by atoms with Crippen molar-refractivity contribution in [3.8, 4) is 0 Å². The lowest BCUT2D eigenvalue weighted by molar-refractivity contribution is -0.345. The average Bonchev–Trinajstić information content (AvgIpc) is 3.18. The van der Waals surface area contributed by atoms with Gasteiger partial charge in [0.05, 0.1) is 0 Å². The zero-order valence-electron chi connectivity index (χ0n) is 24.8. The molecule has 0 spiro atoms. The molecular weight excluding hydrogens is 460 g/mol. The van der Waals surface area contributed by atoms with Gasteiger partial charge in [0.25, 0.3) is 0 Å². The van der Waals surface area contributed by atoms with Crippen LogP contribution in [0.25, 0.3) is 16.9 Å². The topological polar surface area (TPSA) is 25.3 Å². The van der Waals surface area contributed by atoms with Crippen LogP contribution in [0.5, 0.6) is 0 Å². The van der Waals surface area contributed by atoms with Crippen LogP contribution in [0.4, 0.5) is 0 Å². The summed E-state index contributed by atoms with van der Waals surface area (Å²) < 4.78 is 1.50. The van der Waals surface area contributed by atoms with Crippen LogP contribution < -0.4 is 0 Å². The minimum absolute atomic E-state index is 0.949. The largest absolute Gasteiger partial charge is 0.493 e. The van der Waals surface area contributed by atoms with Gasteiger partial charge in [-0.05, 0) is 80.8 Å². The molecule has 0 atom stereocenters. The van der Waals surface area contributed by atoms with Gasteiger partial charge in [0, 0.05) is 22.3 Å². The van der Waals surface area contributed by atoms with Crippen LogP contribution in [-0.4, -0.2) is 4.70 Å². The number of hydrogen-bond acceptors (Lipinski definition) is 0. The van der Waals surface area contributed by atoms with Crippen molar-refractivity contribution in [2.45, 2.75) is 130 Å². The van der Waals surface area contributed by atoms with E-state index in [2.05, 4.69) is 76.2 Å². The summed E-state index contributed by atoms with van der Waals surface area (Å²) in [5.74, 6) is 0. The zero-order chi connectivity index (χ0) is 27.2. The van der Waals surface area contributed by atoms with E-state index < -0.39 is 0 Å². The fourth-order valence-electron chi connectivity index (χ4n) is 5.78. The summed E-state index contributed by atoms with van der Waals surface area (Å²) in [7, 11) is 0. The van der Waals surface area contributed by atoms with E-state index in [0.29, 0.717) is 0 Å². The van der Waals surface area contributed by atoms with Gasteiger partial charge in [-0.25, -0.2) is 4.70 Å². The first-order chi connectivity index (χ1) is 18.6. The lowest BCUT2D eigenvalue weighted by Crippen LogP contribution is -2.03. The molecular formula is C36H52N2. The minimum Gasteiger partial charge on any atom is -0.493 e. The Kier molecular flexibility index (Phi) is 13.0. The molecule has 0 unspecified atom stereocenters. The molecule has 1 aliphatic heterocycles. The minimum atomic E-state index is 0.949. The van der Waals surface area contributed by atoms with E-state index >= 15 is 0 Å². The number of rotatable bonds is 18. The molecule has 1 aliphatic rings. The Morgan fingerprint density at radius 1 is 0.553 bits per heavy atom. The van der Waals surface area contributed by atoms with Gasteiger partial charge in [-0.2, -0.15) is 0 Å². The van der Waals surface area contributed by atoms with E-state index in [1.165, 1.54) is 104 Å². The monoisotopic (exact) mass is 512 g/mol. The van der Waals surface area contributed by atoms with Crippen LogP contribution in [-0.2, 0) is 12.8 Å². The van der Waals surface area contributed by atoms with Crippen molar-refractivity contribution in [2.75, 3.05) is 0 Å². The van der Waals surface area contributed by atoms with E-state index in [9.17, 15) is 5.53 Å². The Bertz CT molecular complexity index is 1070. The molecule has 2 aromatic carbocycles. The predicted molar refractivity (Wildman–Crippen MR) is 165 cm³/mol. The Balaban J connectivity index is 1.79. The molecule has 0 bridgehead atoms. The lowest BCUT2D eigenvalue weighted by atomic mass is 9.95. The average molecular weight is 513 g/mol. The lowest BCUT2D eigenvalue weighted by Gasteiger charge is -2.11. The highest BCUT2D eigenvalue weighted by molar-refractivity contribution is 5.81. The molecule has 0 N–H and O–H groups in total. The number of nitrogens with zero attached hydrogens (tertiary/aromatic N) is 2. The first-order valence-corrected chi connectivity index (χ1v) is 15.7. The summed E-state index contributed by atoms with van der Waals surface area (Å²) in [5.41, 5.74) is 21.1. The van der Waals surface area contributed by atoms with Crippen molar-refractivity contribution in [3.05, 3.63) is 87.5 Å². The number of benzene rings is 2. The molecule has 2 nitrogen and oxygen atoms in total. The second-order valence-corrected chi connectivity index (χ2v) is 11.3. The summed E-state index contributed by atoms with van der Waals surface area (Å²) in [6.45, 7) is 8.99. The Morgan fingerprint density at radius 3 is 1.79 bits per heavy atom. The first kappa shape index (κ1) is 30.1. The van der Waals surface area contributed by atoms with E-state index in [1.54, 1.807) is 0 Å². The van der Waals surface area contributed by atoms with Crippen LogP contribution in [0.1, 0.15) is 140 Å². The number of unbranched alkanes of at least 4 members (excludes halogenated alkanes) is 10. The van der Waals surface area contributed by atoms with Gasteiger partial charge in [-0.3, -0.25) is 0 Å². The number of aryl methyl sites for hydroxylation is 2. The third-order valence-corrected chi connectivity index (χ3v) is 8.11. The summed E-state index contributed by atoms with van der Waals surface area (Å²) in [6.07, 6.45) is 19.9. The third-order valence-electron chi connectivity index (χ3n) is 8.11. The maximum atomic E-state index is 11.6. The van der Waals surface area contributed by atoms with Crippen molar-refractivity contribution >= 4 is 11.4 Å². The van der Waals surface area contributed by atoms with Crippen molar-refractivity contribution in [2.24, 2.45) is 0 Å². The SMILES string of the molecule is CCCCCCCCc1cccc(C2=C(CCCCC)C(C)=C(c3ccc(CCCCCC)cc3)[N+]2=[N-])c1. The van der Waals surface area contributed by atoms with Crippen LogP contribution in [0.15, 0.2) is 59.7 Å². The van der Waals surface area contributed by atoms with Gasteiger partial charge in [-0.1, -0.05) is 109 Å². The molecule has 0 aromatic heterocycles. The van der Waals surface area contributed by atoms with Gasteiger partial charge in [-0.15, -0.1) is 0 Å². The zero-order valence-corrected chi connectivity index (χ0v) is 24.8. The molecule has 3 rings (SSSR count). The highest BCUT2D eigenvalue weighted by Crippen LogP contribution is 2.42. The predicted octanol–water partition coefficient (Wildman–Crippen LogP) is 11.5. The summed E-state index contributed by atoms with van der Waals surface area (Å²) in [4.78, 5) is 0. The third kappa shape index (κ3) is 8.52. The van der Waals surface area contributed by atoms with E-state index in [0.717, 1.165) is 48.2 Å². The molecule has 0 fully saturated rings. The Hall–Kier alpha value is -2.48. The highest BCUT2D eigenvalue weighted by Gasteiger charge is 2.33. The van der Waals surface area contributed by atoms with Crippen LogP contribution in [0.2, 0.25) is 0 Å². The first-order valence-electron chi connectivity index (χ1n) is 15.7. The van der Waals surface area contributed by atoms with E-state index in [-0.39, 0.29) is 0 Å². The molecule has 0 saturated carbocycles. The molecule has 0 amide bonds. The molecule has 2 heteroatoms. The number of hydrogen-bond donors (Lipinski definition) is 0. The summed E-state index contributed by atoms with van der Waals surface area (Å²) >= 11 is 0. The van der Waals surface area contributed by atoms with Gasteiger partial charge < -0.3 is 5.53 Å². The molecule has 206 valence electrons. The highest BCUT2D eigenvalue weighted by atomic mass is 15.2. The fraction of sp³-hybridized carbons (Fsp3) is 0.556. The quantitative estimate of drug-likeness (QED) is 0.140. The molecule has 38 heavy (non-hydrogen) atoms.